The van der Waals surface area contributed by atoms with E-state index in [9.17, 15) is 18.3 Å². The maximum absolute atomic E-state index is 11.3. The Kier molecular flexibility index (Phi) is 5.48. The van der Waals surface area contributed by atoms with Crippen LogP contribution in [0.4, 0.5) is 0 Å². The fourth-order valence-electron chi connectivity index (χ4n) is 2.26. The Morgan fingerprint density at radius 1 is 1.56 bits per heavy atom. The molecule has 18 heavy (non-hydrogen) atoms. The summed E-state index contributed by atoms with van der Waals surface area (Å²) in [4.78, 5) is 11.3. The predicted molar refractivity (Wildman–Crippen MR) is 73.9 cm³/mol. The third-order valence-corrected chi connectivity index (χ3v) is 5.92. The molecule has 2 atom stereocenters. The smallest absolute Gasteiger partial charge is 0.323 e. The number of nitrogens with one attached hydrogen (secondary N) is 1. The number of aliphatic carboxylic acids is 1. The molecule has 1 rings (SSSR count). The van der Waals surface area contributed by atoms with Crippen LogP contribution in [0.25, 0.3) is 0 Å². The van der Waals surface area contributed by atoms with Crippen LogP contribution in [-0.4, -0.2) is 55.1 Å². The number of likely N-dealkylation sites (N-methyl/N-ethyl adjacent to an activating group) is 1. The van der Waals surface area contributed by atoms with Crippen LogP contribution in [-0.2, 0) is 14.6 Å². The largest absolute Gasteiger partial charge is 0.480 e. The highest BCUT2D eigenvalue weighted by Crippen LogP contribution is 2.35. The van der Waals surface area contributed by atoms with E-state index in [1.54, 1.807) is 18.8 Å². The summed E-state index contributed by atoms with van der Waals surface area (Å²) >= 11 is 1.58. The Labute approximate surface area is 113 Å². The van der Waals surface area contributed by atoms with E-state index in [0.29, 0.717) is 18.6 Å². The molecule has 1 aliphatic carbocycles. The second-order valence-electron chi connectivity index (χ2n) is 4.86. The van der Waals surface area contributed by atoms with Crippen molar-refractivity contribution in [3.8, 4) is 0 Å². The number of carboxylic acids is 1. The molecule has 5 nitrogen and oxygen atoms in total. The Bertz CT molecular complexity index is 396. The topological polar surface area (TPSA) is 83.5 Å². The van der Waals surface area contributed by atoms with Crippen molar-refractivity contribution >= 4 is 27.6 Å². The van der Waals surface area contributed by atoms with E-state index >= 15 is 0 Å². The van der Waals surface area contributed by atoms with Crippen LogP contribution in [0.15, 0.2) is 0 Å². The molecule has 0 bridgehead atoms. The van der Waals surface area contributed by atoms with Crippen molar-refractivity contribution in [1.29, 1.82) is 0 Å². The second kappa shape index (κ2) is 6.25. The number of thioether (sulfide) groups is 1. The molecule has 2 unspecified atom stereocenters. The van der Waals surface area contributed by atoms with Crippen LogP contribution in [0.3, 0.4) is 0 Å². The summed E-state index contributed by atoms with van der Waals surface area (Å²) in [5, 5.41) is 12.4. The molecule has 0 saturated heterocycles. The predicted octanol–water partition coefficient (Wildman–Crippen LogP) is 0.750. The van der Waals surface area contributed by atoms with Gasteiger partial charge in [-0.3, -0.25) is 4.79 Å². The number of rotatable bonds is 6. The molecule has 7 heteroatoms. The van der Waals surface area contributed by atoms with Gasteiger partial charge in [-0.25, -0.2) is 8.42 Å². The molecule has 1 aliphatic rings. The summed E-state index contributed by atoms with van der Waals surface area (Å²) in [5.74, 6) is -0.102. The van der Waals surface area contributed by atoms with Gasteiger partial charge in [-0.05, 0) is 32.7 Å². The molecule has 1 saturated carbocycles. The van der Waals surface area contributed by atoms with E-state index in [1.807, 2.05) is 0 Å². The molecule has 2 N–H and O–H groups in total. The Balaban J connectivity index is 2.51. The highest BCUT2D eigenvalue weighted by Gasteiger charge is 2.41. The summed E-state index contributed by atoms with van der Waals surface area (Å²) in [5.41, 5.74) is -0.832. The van der Waals surface area contributed by atoms with E-state index in [4.69, 9.17) is 0 Å². The zero-order chi connectivity index (χ0) is 13.8. The molecular weight excluding hydrogens is 274 g/mol. The standard InChI is InChI=1S/C11H21NO4S2/c1-12-11(10(13)14)5-3-4-9(8-11)17-6-7-18(2,15)16/h9,12H,3-8H2,1-2H3,(H,13,14). The van der Waals surface area contributed by atoms with Crippen molar-refractivity contribution < 1.29 is 18.3 Å². The van der Waals surface area contributed by atoms with E-state index in [0.717, 1.165) is 12.8 Å². The van der Waals surface area contributed by atoms with Gasteiger partial charge in [-0.1, -0.05) is 0 Å². The van der Waals surface area contributed by atoms with Crippen LogP contribution in [0.5, 0.6) is 0 Å². The zero-order valence-electron chi connectivity index (χ0n) is 10.8. The van der Waals surface area contributed by atoms with Crippen LogP contribution in [0.1, 0.15) is 25.7 Å². The molecule has 106 valence electrons. The summed E-state index contributed by atoms with van der Waals surface area (Å²) in [6.45, 7) is 0. The molecule has 0 spiro atoms. The van der Waals surface area contributed by atoms with Gasteiger partial charge >= 0.3 is 5.97 Å². The molecular formula is C11H21NO4S2. The number of carbonyl (C=O) groups is 1. The first kappa shape index (κ1) is 15.8. The summed E-state index contributed by atoms with van der Waals surface area (Å²) in [7, 11) is -1.25. The highest BCUT2D eigenvalue weighted by atomic mass is 32.2. The quantitative estimate of drug-likeness (QED) is 0.752. The molecule has 0 aromatic heterocycles. The van der Waals surface area contributed by atoms with Crippen molar-refractivity contribution in [2.45, 2.75) is 36.5 Å². The third kappa shape index (κ3) is 4.44. The van der Waals surface area contributed by atoms with Gasteiger partial charge in [0.2, 0.25) is 0 Å². The summed E-state index contributed by atoms with van der Waals surface area (Å²) in [6, 6.07) is 0. The van der Waals surface area contributed by atoms with Gasteiger partial charge in [-0.15, -0.1) is 0 Å². The fraction of sp³-hybridized carbons (Fsp3) is 0.909. The molecule has 0 aromatic carbocycles. The maximum atomic E-state index is 11.3. The van der Waals surface area contributed by atoms with Crippen molar-refractivity contribution in [3.05, 3.63) is 0 Å². The minimum Gasteiger partial charge on any atom is -0.480 e. The van der Waals surface area contributed by atoms with Crippen molar-refractivity contribution in [1.82, 2.24) is 5.32 Å². The zero-order valence-corrected chi connectivity index (χ0v) is 12.4. The average Bonchev–Trinajstić information content (AvgIpc) is 2.27. The molecule has 0 aromatic rings. The molecule has 0 aliphatic heterocycles. The van der Waals surface area contributed by atoms with Gasteiger partial charge in [-0.2, -0.15) is 11.8 Å². The minimum atomic E-state index is -2.93. The van der Waals surface area contributed by atoms with Crippen molar-refractivity contribution in [3.63, 3.8) is 0 Å². The van der Waals surface area contributed by atoms with Crippen LogP contribution < -0.4 is 5.32 Å². The first-order valence-corrected chi connectivity index (χ1v) is 9.12. The van der Waals surface area contributed by atoms with Crippen molar-refractivity contribution in [2.24, 2.45) is 0 Å². The molecule has 0 radical (unpaired) electrons. The Morgan fingerprint density at radius 3 is 2.72 bits per heavy atom. The lowest BCUT2D eigenvalue weighted by atomic mass is 9.81. The lowest BCUT2D eigenvalue weighted by molar-refractivity contribution is -0.146. The lowest BCUT2D eigenvalue weighted by Gasteiger charge is -2.37. The van der Waals surface area contributed by atoms with E-state index < -0.39 is 21.3 Å². The number of hydrogen-bond acceptors (Lipinski definition) is 5. The monoisotopic (exact) mass is 295 g/mol. The molecule has 1 fully saturated rings. The molecule has 0 amide bonds. The second-order valence-corrected chi connectivity index (χ2v) is 8.52. The maximum Gasteiger partial charge on any atom is 0.323 e. The van der Waals surface area contributed by atoms with Crippen LogP contribution in [0.2, 0.25) is 0 Å². The van der Waals surface area contributed by atoms with E-state index in [1.165, 1.54) is 6.26 Å². The van der Waals surface area contributed by atoms with Crippen molar-refractivity contribution in [2.75, 3.05) is 24.8 Å². The lowest BCUT2D eigenvalue weighted by Crippen LogP contribution is -2.54. The Morgan fingerprint density at radius 2 is 2.22 bits per heavy atom. The summed E-state index contributed by atoms with van der Waals surface area (Å²) < 4.78 is 22.1. The van der Waals surface area contributed by atoms with Gasteiger partial charge < -0.3 is 10.4 Å². The van der Waals surface area contributed by atoms with Crippen LogP contribution >= 0.6 is 11.8 Å². The van der Waals surface area contributed by atoms with E-state index in [2.05, 4.69) is 5.32 Å². The molecule has 0 heterocycles. The third-order valence-electron chi connectivity index (χ3n) is 3.40. The first-order valence-electron chi connectivity index (χ1n) is 6.01. The first-order chi connectivity index (χ1) is 8.29. The summed E-state index contributed by atoms with van der Waals surface area (Å²) in [6.07, 6.45) is 4.26. The Hall–Kier alpha value is -0.270. The van der Waals surface area contributed by atoms with Gasteiger partial charge in [0.05, 0.1) is 5.75 Å². The fourth-order valence-corrected chi connectivity index (χ4v) is 4.93. The van der Waals surface area contributed by atoms with Gasteiger partial charge in [0.25, 0.3) is 0 Å². The SMILES string of the molecule is CNC1(C(=O)O)CCCC(SCCS(C)(=O)=O)C1. The van der Waals surface area contributed by atoms with Crippen LogP contribution in [0, 0.1) is 0 Å². The number of sulfone groups is 1. The average molecular weight is 295 g/mol. The highest BCUT2D eigenvalue weighted by molar-refractivity contribution is 8.01. The number of carboxylic acid groups (broad SMARTS) is 1. The van der Waals surface area contributed by atoms with E-state index in [-0.39, 0.29) is 11.0 Å². The van der Waals surface area contributed by atoms with Gasteiger partial charge in [0.15, 0.2) is 0 Å². The van der Waals surface area contributed by atoms with Gasteiger partial charge in [0.1, 0.15) is 15.4 Å². The number of hydrogen-bond donors (Lipinski definition) is 2. The minimum absolute atomic E-state index is 0.161. The van der Waals surface area contributed by atoms with Gasteiger partial charge in [0, 0.05) is 17.3 Å². The normalized spacial score (nSPS) is 29.1.